The first kappa shape index (κ1) is 16.0. The average molecular weight is 343 g/mol. The molecule has 1 aliphatic heterocycles. The molecule has 2 bridgehead atoms. The van der Waals surface area contributed by atoms with E-state index in [4.69, 9.17) is 9.47 Å². The quantitative estimate of drug-likeness (QED) is 0.916. The van der Waals surface area contributed by atoms with Crippen LogP contribution >= 0.6 is 0 Å². The van der Waals surface area contributed by atoms with E-state index in [1.807, 2.05) is 0 Å². The van der Waals surface area contributed by atoms with E-state index in [-0.39, 0.29) is 16.9 Å². The van der Waals surface area contributed by atoms with Gasteiger partial charge in [-0.05, 0) is 75.2 Å². The lowest BCUT2D eigenvalue weighted by molar-refractivity contribution is -0.0502. The van der Waals surface area contributed by atoms with Crippen molar-refractivity contribution in [3.8, 4) is 11.5 Å². The van der Waals surface area contributed by atoms with Crippen LogP contribution < -0.4 is 9.47 Å². The first-order chi connectivity index (χ1) is 12.1. The maximum atomic E-state index is 11.0. The van der Waals surface area contributed by atoms with Gasteiger partial charge in [0.2, 0.25) is 0 Å². The van der Waals surface area contributed by atoms with Crippen LogP contribution in [0, 0.1) is 17.3 Å². The number of fused-ring (bicyclic) bond motifs is 2. The summed E-state index contributed by atoms with van der Waals surface area (Å²) in [5.74, 6) is 2.91. The van der Waals surface area contributed by atoms with Gasteiger partial charge in [0.05, 0.1) is 20.3 Å². The Morgan fingerprint density at radius 1 is 1.12 bits per heavy atom. The fourth-order valence-electron chi connectivity index (χ4n) is 7.14. The molecule has 1 spiro atoms. The lowest BCUT2D eigenvalue weighted by Gasteiger charge is -2.53. The van der Waals surface area contributed by atoms with Crippen LogP contribution in [0.3, 0.4) is 0 Å². The lowest BCUT2D eigenvalue weighted by Crippen LogP contribution is -2.59. The van der Waals surface area contributed by atoms with Crippen LogP contribution in [0.25, 0.3) is 0 Å². The van der Waals surface area contributed by atoms with Crippen LogP contribution in [-0.2, 0) is 5.41 Å². The first-order valence-corrected chi connectivity index (χ1v) is 9.68. The zero-order chi connectivity index (χ0) is 17.4. The Morgan fingerprint density at radius 2 is 1.88 bits per heavy atom. The molecule has 4 saturated carbocycles. The number of aliphatic hydroxyl groups excluding tert-OH is 1. The van der Waals surface area contributed by atoms with Crippen LogP contribution in [0.15, 0.2) is 18.2 Å². The van der Waals surface area contributed by atoms with Crippen LogP contribution in [0.2, 0.25) is 0 Å². The van der Waals surface area contributed by atoms with Gasteiger partial charge in [-0.2, -0.15) is 0 Å². The summed E-state index contributed by atoms with van der Waals surface area (Å²) >= 11 is 0. The van der Waals surface area contributed by atoms with Gasteiger partial charge in [0, 0.05) is 16.9 Å². The van der Waals surface area contributed by atoms with Gasteiger partial charge < -0.3 is 19.5 Å². The number of methoxy groups -OCH3 is 2. The minimum absolute atomic E-state index is 0.121. The molecule has 25 heavy (non-hydrogen) atoms. The van der Waals surface area contributed by atoms with Crippen molar-refractivity contribution in [1.82, 2.24) is 4.90 Å². The van der Waals surface area contributed by atoms with E-state index in [0.717, 1.165) is 30.4 Å². The van der Waals surface area contributed by atoms with Crippen molar-refractivity contribution in [3.63, 3.8) is 0 Å². The fourth-order valence-corrected chi connectivity index (χ4v) is 7.14. The second-order valence-corrected chi connectivity index (χ2v) is 8.78. The molecular formula is C21H29NO3. The number of nitrogens with zero attached hydrogens (tertiary/aromatic N) is 1. The van der Waals surface area contributed by atoms with Crippen molar-refractivity contribution in [2.24, 2.45) is 17.3 Å². The van der Waals surface area contributed by atoms with Crippen molar-refractivity contribution in [1.29, 1.82) is 0 Å². The molecule has 4 heteroatoms. The summed E-state index contributed by atoms with van der Waals surface area (Å²) in [6, 6.07) is 7.00. The maximum absolute atomic E-state index is 11.0. The summed E-state index contributed by atoms with van der Waals surface area (Å²) in [5, 5.41) is 11.0. The Labute approximate surface area is 150 Å². The third kappa shape index (κ3) is 1.80. The van der Waals surface area contributed by atoms with Gasteiger partial charge in [0.25, 0.3) is 0 Å². The Hall–Kier alpha value is -1.26. The zero-order valence-corrected chi connectivity index (χ0v) is 15.5. The van der Waals surface area contributed by atoms with E-state index in [1.54, 1.807) is 14.2 Å². The second kappa shape index (κ2) is 5.14. The van der Waals surface area contributed by atoms with E-state index < -0.39 is 0 Å². The number of benzene rings is 1. The highest BCUT2D eigenvalue weighted by Gasteiger charge is 2.75. The predicted molar refractivity (Wildman–Crippen MR) is 96.1 cm³/mol. The number of aliphatic hydroxyl groups is 1. The third-order valence-electron chi connectivity index (χ3n) is 8.16. The van der Waals surface area contributed by atoms with E-state index in [2.05, 4.69) is 30.1 Å². The molecular weight excluding hydrogens is 314 g/mol. The summed E-state index contributed by atoms with van der Waals surface area (Å²) in [5.41, 5.74) is 1.67. The molecule has 6 atom stereocenters. The average Bonchev–Trinajstić information content (AvgIpc) is 3.28. The molecule has 4 aliphatic carbocycles. The number of rotatable bonds is 3. The summed E-state index contributed by atoms with van der Waals surface area (Å²) in [6.07, 6.45) is 5.79. The van der Waals surface area contributed by atoms with Crippen LogP contribution in [0.5, 0.6) is 11.5 Å². The number of hydrogen-bond acceptors (Lipinski definition) is 4. The highest BCUT2D eigenvalue weighted by molar-refractivity contribution is 5.48. The molecule has 6 rings (SSSR count). The van der Waals surface area contributed by atoms with Gasteiger partial charge in [-0.25, -0.2) is 0 Å². The van der Waals surface area contributed by atoms with Crippen molar-refractivity contribution in [3.05, 3.63) is 23.8 Å². The highest BCUT2D eigenvalue weighted by atomic mass is 16.5. The van der Waals surface area contributed by atoms with Gasteiger partial charge in [0.15, 0.2) is 11.5 Å². The summed E-state index contributed by atoms with van der Waals surface area (Å²) < 4.78 is 11.1. The third-order valence-corrected chi connectivity index (χ3v) is 8.16. The minimum Gasteiger partial charge on any atom is -0.493 e. The molecule has 1 heterocycles. The van der Waals surface area contributed by atoms with E-state index >= 15 is 0 Å². The molecule has 4 nitrogen and oxygen atoms in total. The highest BCUT2D eigenvalue weighted by Crippen LogP contribution is 2.74. The van der Waals surface area contributed by atoms with E-state index in [0.29, 0.717) is 12.0 Å². The molecule has 5 fully saturated rings. The molecule has 1 N–H and O–H groups in total. The molecule has 0 aromatic heterocycles. The predicted octanol–water partition coefficient (Wildman–Crippen LogP) is 2.83. The number of likely N-dealkylation sites (tertiary alicyclic amines) is 1. The van der Waals surface area contributed by atoms with Gasteiger partial charge in [-0.1, -0.05) is 6.07 Å². The normalized spacial score (nSPS) is 44.8. The Bertz CT molecular complexity index is 706. The Balaban J connectivity index is 1.68. The van der Waals surface area contributed by atoms with E-state index in [9.17, 15) is 5.11 Å². The monoisotopic (exact) mass is 343 g/mol. The fraction of sp³-hybridized carbons (Fsp3) is 0.714. The molecule has 1 aromatic rings. The van der Waals surface area contributed by atoms with Gasteiger partial charge in [-0.3, -0.25) is 0 Å². The maximum Gasteiger partial charge on any atom is 0.161 e. The molecule has 0 amide bonds. The van der Waals surface area contributed by atoms with Gasteiger partial charge in [0.1, 0.15) is 0 Å². The van der Waals surface area contributed by atoms with Crippen molar-refractivity contribution in [2.45, 2.75) is 49.7 Å². The molecule has 136 valence electrons. The Morgan fingerprint density at radius 3 is 2.64 bits per heavy atom. The van der Waals surface area contributed by atoms with Crippen LogP contribution in [-0.4, -0.2) is 50.0 Å². The summed E-state index contributed by atoms with van der Waals surface area (Å²) in [4.78, 5) is 2.55. The number of hydrogen-bond donors (Lipinski definition) is 1. The first-order valence-electron chi connectivity index (χ1n) is 9.68. The molecule has 5 aliphatic rings. The van der Waals surface area contributed by atoms with Crippen molar-refractivity contribution in [2.75, 3.05) is 27.8 Å². The summed E-state index contributed by atoms with van der Waals surface area (Å²) in [6.45, 7) is 1.12. The van der Waals surface area contributed by atoms with Crippen LogP contribution in [0.1, 0.15) is 37.7 Å². The van der Waals surface area contributed by atoms with Crippen LogP contribution in [0.4, 0.5) is 0 Å². The topological polar surface area (TPSA) is 41.9 Å². The largest absolute Gasteiger partial charge is 0.493 e. The molecule has 1 saturated heterocycles. The smallest absolute Gasteiger partial charge is 0.161 e. The minimum atomic E-state index is -0.121. The second-order valence-electron chi connectivity index (χ2n) is 8.78. The standard InChI is InChI=1S/C21H29NO3/c1-22-9-8-20(13-6-7-16(24-2)17(10-13)25-3)14-4-5-15-12-21(15,19(20)22)18(23)11-14/h6-7,10,14-15,18-19,23H,4-5,8-9,11-12H2,1-3H3/t14-,15+,18+,19-,20+,21?/m1/s1. The van der Waals surface area contributed by atoms with Gasteiger partial charge >= 0.3 is 0 Å². The number of likely N-dealkylation sites (N-methyl/N-ethyl adjacent to an activating group) is 1. The molecule has 1 unspecified atom stereocenters. The summed E-state index contributed by atoms with van der Waals surface area (Å²) in [7, 11) is 5.68. The molecule has 1 aromatic carbocycles. The van der Waals surface area contributed by atoms with Gasteiger partial charge in [-0.15, -0.1) is 0 Å². The lowest BCUT2D eigenvalue weighted by atomic mass is 9.55. The van der Waals surface area contributed by atoms with E-state index in [1.165, 1.54) is 31.2 Å². The number of ether oxygens (including phenoxy) is 2. The SMILES string of the molecule is COc1ccc([C@]23CCN(C)[C@H]2C24C[C@@H]2CC[C@@H]3C[C@@H]4O)cc1OC. The Kier molecular flexibility index (Phi) is 3.28. The zero-order valence-electron chi connectivity index (χ0n) is 15.5. The molecule has 0 radical (unpaired) electrons. The van der Waals surface area contributed by atoms with Crippen molar-refractivity contribution >= 4 is 0 Å². The van der Waals surface area contributed by atoms with Crippen molar-refractivity contribution < 1.29 is 14.6 Å².